The number of hydrogen-bond acceptors (Lipinski definition) is 2. The van der Waals surface area contributed by atoms with E-state index in [1.165, 1.54) is 29.5 Å². The molecule has 0 bridgehead atoms. The predicted octanol–water partition coefficient (Wildman–Crippen LogP) is 5.52. The molecule has 20 heavy (non-hydrogen) atoms. The van der Waals surface area contributed by atoms with Crippen molar-refractivity contribution in [3.8, 4) is 21.8 Å². The first-order valence-corrected chi connectivity index (χ1v) is 7.48. The molecule has 0 N–H and O–H groups in total. The maximum Gasteiger partial charge on any atom is 0.136 e. The first kappa shape index (κ1) is 13.4. The third-order valence-electron chi connectivity index (χ3n) is 2.80. The molecule has 1 aromatic heterocycles. The molecule has 0 radical (unpaired) electrons. The van der Waals surface area contributed by atoms with Gasteiger partial charge in [0.2, 0.25) is 0 Å². The summed E-state index contributed by atoms with van der Waals surface area (Å²) in [5, 5.41) is 2.14. The van der Waals surface area contributed by atoms with Crippen LogP contribution in [0.25, 0.3) is 21.8 Å². The lowest BCUT2D eigenvalue weighted by Gasteiger charge is -2.00. The van der Waals surface area contributed by atoms with Gasteiger partial charge in [0.05, 0.1) is 11.3 Å². The largest absolute Gasteiger partial charge is 0.236 e. The van der Waals surface area contributed by atoms with Gasteiger partial charge in [-0.05, 0) is 24.3 Å². The van der Waals surface area contributed by atoms with E-state index in [0.717, 1.165) is 10.0 Å². The van der Waals surface area contributed by atoms with E-state index in [-0.39, 0.29) is 5.56 Å². The molecule has 0 fully saturated rings. The van der Waals surface area contributed by atoms with Crippen molar-refractivity contribution in [1.82, 2.24) is 4.98 Å². The normalized spacial score (nSPS) is 10.8. The van der Waals surface area contributed by atoms with E-state index in [4.69, 9.17) is 0 Å². The smallest absolute Gasteiger partial charge is 0.136 e. The summed E-state index contributed by atoms with van der Waals surface area (Å²) in [6, 6.07) is 11.4. The number of benzene rings is 2. The monoisotopic (exact) mass is 351 g/mol. The lowest BCUT2D eigenvalue weighted by Crippen LogP contribution is -1.89. The van der Waals surface area contributed by atoms with E-state index in [9.17, 15) is 8.78 Å². The maximum absolute atomic E-state index is 13.7. The van der Waals surface area contributed by atoms with Crippen LogP contribution in [0.1, 0.15) is 0 Å². The molecular weight excluding hydrogens is 344 g/mol. The second kappa shape index (κ2) is 5.42. The zero-order valence-corrected chi connectivity index (χ0v) is 12.5. The van der Waals surface area contributed by atoms with Crippen LogP contribution in [-0.2, 0) is 0 Å². The van der Waals surface area contributed by atoms with Gasteiger partial charge in [0.25, 0.3) is 0 Å². The minimum Gasteiger partial charge on any atom is -0.236 e. The van der Waals surface area contributed by atoms with Crippen molar-refractivity contribution in [2.75, 3.05) is 0 Å². The molecule has 0 saturated heterocycles. The van der Waals surface area contributed by atoms with Crippen LogP contribution in [0.15, 0.2) is 52.3 Å². The summed E-state index contributed by atoms with van der Waals surface area (Å²) in [5.41, 5.74) is 1.53. The summed E-state index contributed by atoms with van der Waals surface area (Å²) in [7, 11) is 0. The van der Waals surface area contributed by atoms with Crippen LogP contribution in [0.2, 0.25) is 0 Å². The molecule has 1 heterocycles. The number of halogens is 3. The van der Waals surface area contributed by atoms with Gasteiger partial charge in [-0.3, -0.25) is 0 Å². The highest BCUT2D eigenvalue weighted by molar-refractivity contribution is 9.10. The molecule has 0 aliphatic carbocycles. The van der Waals surface area contributed by atoms with Gasteiger partial charge in [-0.1, -0.05) is 34.1 Å². The SMILES string of the molecule is Fc1cccc(F)c1-c1nc(-c2cccc(Br)c2)cs1. The van der Waals surface area contributed by atoms with Gasteiger partial charge in [-0.25, -0.2) is 13.8 Å². The van der Waals surface area contributed by atoms with E-state index in [1.807, 2.05) is 24.3 Å². The van der Waals surface area contributed by atoms with Gasteiger partial charge in [0.15, 0.2) is 0 Å². The molecule has 0 saturated carbocycles. The van der Waals surface area contributed by atoms with E-state index < -0.39 is 11.6 Å². The molecule has 3 aromatic rings. The Morgan fingerprint density at radius 3 is 2.40 bits per heavy atom. The molecule has 0 atom stereocenters. The summed E-state index contributed by atoms with van der Waals surface area (Å²) < 4.78 is 28.4. The Hall–Kier alpha value is -1.59. The number of thiazole rings is 1. The van der Waals surface area contributed by atoms with Gasteiger partial charge >= 0.3 is 0 Å². The maximum atomic E-state index is 13.7. The van der Waals surface area contributed by atoms with Crippen molar-refractivity contribution < 1.29 is 8.78 Å². The molecule has 5 heteroatoms. The zero-order valence-electron chi connectivity index (χ0n) is 10.1. The molecule has 100 valence electrons. The molecule has 3 rings (SSSR count). The van der Waals surface area contributed by atoms with Gasteiger partial charge in [-0.15, -0.1) is 11.3 Å². The average molecular weight is 352 g/mol. The molecule has 0 aliphatic heterocycles. The number of hydrogen-bond donors (Lipinski definition) is 0. The van der Waals surface area contributed by atoms with E-state index in [2.05, 4.69) is 20.9 Å². The zero-order chi connectivity index (χ0) is 14.1. The second-order valence-corrected chi connectivity index (χ2v) is 5.92. The van der Waals surface area contributed by atoms with Gasteiger partial charge in [0.1, 0.15) is 16.6 Å². The van der Waals surface area contributed by atoms with Crippen molar-refractivity contribution in [3.05, 3.63) is 64.0 Å². The fourth-order valence-electron chi connectivity index (χ4n) is 1.87. The fourth-order valence-corrected chi connectivity index (χ4v) is 3.15. The van der Waals surface area contributed by atoms with Crippen LogP contribution < -0.4 is 0 Å². The van der Waals surface area contributed by atoms with Crippen LogP contribution in [0, 0.1) is 11.6 Å². The molecule has 0 spiro atoms. The Kier molecular flexibility index (Phi) is 3.63. The first-order valence-electron chi connectivity index (χ1n) is 5.81. The van der Waals surface area contributed by atoms with Crippen LogP contribution in [-0.4, -0.2) is 4.98 Å². The predicted molar refractivity (Wildman–Crippen MR) is 80.6 cm³/mol. The Labute approximate surface area is 127 Å². The van der Waals surface area contributed by atoms with Crippen LogP contribution in [0.5, 0.6) is 0 Å². The minimum absolute atomic E-state index is 0.0706. The third-order valence-corrected chi connectivity index (χ3v) is 4.15. The summed E-state index contributed by atoms with van der Waals surface area (Å²) in [6.45, 7) is 0. The minimum atomic E-state index is -0.597. The molecule has 0 aliphatic rings. The molecule has 0 amide bonds. The van der Waals surface area contributed by atoms with Crippen molar-refractivity contribution >= 4 is 27.3 Å². The summed E-state index contributed by atoms with van der Waals surface area (Å²) >= 11 is 4.62. The van der Waals surface area contributed by atoms with Gasteiger partial charge in [0, 0.05) is 15.4 Å². The highest BCUT2D eigenvalue weighted by Crippen LogP contribution is 2.32. The van der Waals surface area contributed by atoms with Crippen molar-refractivity contribution in [2.45, 2.75) is 0 Å². The topological polar surface area (TPSA) is 12.9 Å². The highest BCUT2D eigenvalue weighted by atomic mass is 79.9. The lowest BCUT2D eigenvalue weighted by molar-refractivity contribution is 0.589. The van der Waals surface area contributed by atoms with E-state index >= 15 is 0 Å². The first-order chi connectivity index (χ1) is 9.65. The van der Waals surface area contributed by atoms with Crippen molar-refractivity contribution in [2.24, 2.45) is 0 Å². The van der Waals surface area contributed by atoms with Crippen LogP contribution in [0.3, 0.4) is 0 Å². The van der Waals surface area contributed by atoms with Crippen LogP contribution >= 0.6 is 27.3 Å². The second-order valence-electron chi connectivity index (χ2n) is 4.14. The Bertz CT molecular complexity index is 750. The Balaban J connectivity index is 2.07. The number of rotatable bonds is 2. The van der Waals surface area contributed by atoms with Gasteiger partial charge < -0.3 is 0 Å². The van der Waals surface area contributed by atoms with Crippen LogP contribution in [0.4, 0.5) is 8.78 Å². The van der Waals surface area contributed by atoms with Crippen molar-refractivity contribution in [3.63, 3.8) is 0 Å². The van der Waals surface area contributed by atoms with E-state index in [1.54, 1.807) is 5.38 Å². The molecule has 0 unspecified atom stereocenters. The van der Waals surface area contributed by atoms with Gasteiger partial charge in [-0.2, -0.15) is 0 Å². The summed E-state index contributed by atoms with van der Waals surface area (Å²) in [4.78, 5) is 4.33. The third kappa shape index (κ3) is 2.51. The number of nitrogens with zero attached hydrogens (tertiary/aromatic N) is 1. The van der Waals surface area contributed by atoms with E-state index in [0.29, 0.717) is 10.7 Å². The Morgan fingerprint density at radius 2 is 1.70 bits per heavy atom. The number of aromatic nitrogens is 1. The summed E-state index contributed by atoms with van der Waals surface area (Å²) in [5.74, 6) is -1.19. The standard InChI is InChI=1S/C15H8BrF2NS/c16-10-4-1-3-9(7-10)13-8-20-15(19-13)14-11(17)5-2-6-12(14)18/h1-8H. The molecule has 2 aromatic carbocycles. The fraction of sp³-hybridized carbons (Fsp3) is 0. The lowest BCUT2D eigenvalue weighted by atomic mass is 10.2. The highest BCUT2D eigenvalue weighted by Gasteiger charge is 2.15. The van der Waals surface area contributed by atoms with Crippen molar-refractivity contribution in [1.29, 1.82) is 0 Å². The molecule has 1 nitrogen and oxygen atoms in total. The summed E-state index contributed by atoms with van der Waals surface area (Å²) in [6.07, 6.45) is 0. The molecular formula is C15H8BrF2NS. The quantitative estimate of drug-likeness (QED) is 0.592. The average Bonchev–Trinajstić information content (AvgIpc) is 2.88. The Morgan fingerprint density at radius 1 is 1.00 bits per heavy atom.